The molecule has 5 nitrogen and oxygen atoms in total. The van der Waals surface area contributed by atoms with Gasteiger partial charge >= 0.3 is 6.61 Å². The Morgan fingerprint density at radius 2 is 1.92 bits per heavy atom. The van der Waals surface area contributed by atoms with Crippen LogP contribution in [0.2, 0.25) is 0 Å². The van der Waals surface area contributed by atoms with Crippen LogP contribution in [0.5, 0.6) is 5.75 Å². The first-order chi connectivity index (χ1) is 12.6. The molecule has 0 aliphatic carbocycles. The van der Waals surface area contributed by atoms with E-state index >= 15 is 0 Å². The number of amides is 1. The number of hydrogen-bond donors (Lipinski definition) is 1. The van der Waals surface area contributed by atoms with E-state index < -0.39 is 12.5 Å². The molecule has 0 saturated carbocycles. The lowest BCUT2D eigenvalue weighted by Gasteiger charge is -2.12. The predicted octanol–water partition coefficient (Wildman–Crippen LogP) is 4.83. The van der Waals surface area contributed by atoms with Crippen LogP contribution in [0.25, 0.3) is 21.9 Å². The number of para-hydroxylation sites is 1. The zero-order valence-corrected chi connectivity index (χ0v) is 13.3. The molecule has 4 rings (SSSR count). The summed E-state index contributed by atoms with van der Waals surface area (Å²) < 4.78 is 36.0. The van der Waals surface area contributed by atoms with E-state index in [4.69, 9.17) is 4.42 Å². The third kappa shape index (κ3) is 2.83. The third-order valence-electron chi connectivity index (χ3n) is 3.87. The normalized spacial score (nSPS) is 11.2. The average Bonchev–Trinajstić information content (AvgIpc) is 3.00. The summed E-state index contributed by atoms with van der Waals surface area (Å²) in [6, 6.07) is 13.2. The molecule has 0 unspecified atom stereocenters. The monoisotopic (exact) mass is 354 g/mol. The van der Waals surface area contributed by atoms with Gasteiger partial charge in [0.2, 0.25) is 0 Å². The number of hydrogen-bond acceptors (Lipinski definition) is 4. The number of anilines is 1. The Balaban J connectivity index is 1.92. The summed E-state index contributed by atoms with van der Waals surface area (Å²) in [4.78, 5) is 16.8. The summed E-state index contributed by atoms with van der Waals surface area (Å²) in [5.74, 6) is -0.814. The Hall–Kier alpha value is -3.48. The molecule has 2 heterocycles. The molecule has 0 saturated heterocycles. The van der Waals surface area contributed by atoms with Gasteiger partial charge in [0.1, 0.15) is 16.9 Å². The van der Waals surface area contributed by atoms with Gasteiger partial charge in [0.15, 0.2) is 0 Å². The van der Waals surface area contributed by atoms with Crippen molar-refractivity contribution >= 4 is 33.5 Å². The van der Waals surface area contributed by atoms with Crippen LogP contribution >= 0.6 is 0 Å². The molecule has 130 valence electrons. The Bertz CT molecular complexity index is 1090. The van der Waals surface area contributed by atoms with Crippen molar-refractivity contribution < 1.29 is 22.7 Å². The number of rotatable bonds is 4. The number of aromatic nitrogens is 1. The average molecular weight is 354 g/mol. The van der Waals surface area contributed by atoms with Gasteiger partial charge in [-0.15, -0.1) is 0 Å². The molecule has 0 aliphatic rings. The lowest BCUT2D eigenvalue weighted by molar-refractivity contribution is -0.0500. The number of halogens is 2. The summed E-state index contributed by atoms with van der Waals surface area (Å²) in [6.45, 7) is -3.06. The fourth-order valence-electron chi connectivity index (χ4n) is 2.85. The molecule has 0 fully saturated rings. The standard InChI is InChI=1S/C19H12F2N2O3/c20-19(21)26-15-8-7-14-16(12-5-1-2-6-13(12)25-14)17(15)18(24)23-11-4-3-9-22-10-11/h1-10,19H,(H,23,24). The fraction of sp³-hybridized carbons (Fsp3) is 0.0526. The van der Waals surface area contributed by atoms with E-state index in [9.17, 15) is 13.6 Å². The lowest BCUT2D eigenvalue weighted by atomic mass is 10.0. The van der Waals surface area contributed by atoms with E-state index in [-0.39, 0.29) is 11.3 Å². The molecule has 7 heteroatoms. The highest BCUT2D eigenvalue weighted by Crippen LogP contribution is 2.37. The summed E-state index contributed by atoms with van der Waals surface area (Å²) in [6.07, 6.45) is 3.02. The summed E-state index contributed by atoms with van der Waals surface area (Å²) in [5.41, 5.74) is 1.37. The molecule has 0 bridgehead atoms. The van der Waals surface area contributed by atoms with Crippen LogP contribution in [0.3, 0.4) is 0 Å². The fourth-order valence-corrected chi connectivity index (χ4v) is 2.85. The summed E-state index contributed by atoms with van der Waals surface area (Å²) in [5, 5.41) is 3.70. The van der Waals surface area contributed by atoms with Gasteiger partial charge < -0.3 is 14.5 Å². The number of fused-ring (bicyclic) bond motifs is 3. The molecular weight excluding hydrogens is 342 g/mol. The van der Waals surface area contributed by atoms with Gasteiger partial charge in [-0.1, -0.05) is 18.2 Å². The number of alkyl halides is 2. The lowest BCUT2D eigenvalue weighted by Crippen LogP contribution is -2.15. The van der Waals surface area contributed by atoms with E-state index in [1.54, 1.807) is 42.6 Å². The number of carbonyl (C=O) groups is 1. The molecule has 26 heavy (non-hydrogen) atoms. The predicted molar refractivity (Wildman–Crippen MR) is 92.5 cm³/mol. The molecule has 0 atom stereocenters. The number of carbonyl (C=O) groups excluding carboxylic acids is 1. The molecule has 0 aliphatic heterocycles. The van der Waals surface area contributed by atoms with Crippen LogP contribution in [0, 0.1) is 0 Å². The van der Waals surface area contributed by atoms with Crippen LogP contribution < -0.4 is 10.1 Å². The molecule has 2 aromatic carbocycles. The maximum atomic E-state index is 12.9. The van der Waals surface area contributed by atoms with Crippen LogP contribution in [0.4, 0.5) is 14.5 Å². The van der Waals surface area contributed by atoms with Gasteiger partial charge in [-0.25, -0.2) is 0 Å². The first kappa shape index (κ1) is 16.0. The number of pyridine rings is 1. The second-order valence-electron chi connectivity index (χ2n) is 5.48. The van der Waals surface area contributed by atoms with Crippen molar-refractivity contribution in [2.24, 2.45) is 0 Å². The third-order valence-corrected chi connectivity index (χ3v) is 3.87. The zero-order chi connectivity index (χ0) is 18.1. The zero-order valence-electron chi connectivity index (χ0n) is 13.3. The van der Waals surface area contributed by atoms with E-state index in [0.29, 0.717) is 27.6 Å². The Labute approximate surface area is 146 Å². The molecule has 1 amide bonds. The summed E-state index contributed by atoms with van der Waals surface area (Å²) in [7, 11) is 0. The van der Waals surface area contributed by atoms with Gasteiger partial charge in [-0.3, -0.25) is 9.78 Å². The Kier molecular flexibility index (Phi) is 3.96. The van der Waals surface area contributed by atoms with Gasteiger partial charge in [0.05, 0.1) is 17.4 Å². The highest BCUT2D eigenvalue weighted by atomic mass is 19.3. The van der Waals surface area contributed by atoms with Crippen LogP contribution in [0.1, 0.15) is 10.4 Å². The summed E-state index contributed by atoms with van der Waals surface area (Å²) >= 11 is 0. The second-order valence-corrected chi connectivity index (χ2v) is 5.48. The first-order valence-electron chi connectivity index (χ1n) is 7.74. The topological polar surface area (TPSA) is 64.4 Å². The Morgan fingerprint density at radius 1 is 1.08 bits per heavy atom. The number of benzene rings is 2. The SMILES string of the molecule is O=C(Nc1cccnc1)c1c(OC(F)F)ccc2oc3ccccc3c12. The maximum absolute atomic E-state index is 12.9. The maximum Gasteiger partial charge on any atom is 0.387 e. The molecular formula is C19H12F2N2O3. The van der Waals surface area contributed by atoms with Crippen molar-refractivity contribution in [3.8, 4) is 5.75 Å². The quantitative estimate of drug-likeness (QED) is 0.570. The van der Waals surface area contributed by atoms with Gasteiger partial charge in [-0.2, -0.15) is 8.78 Å². The van der Waals surface area contributed by atoms with Crippen LogP contribution in [-0.4, -0.2) is 17.5 Å². The Morgan fingerprint density at radius 3 is 2.69 bits per heavy atom. The van der Waals surface area contributed by atoms with Crippen LogP contribution in [0.15, 0.2) is 65.3 Å². The highest BCUT2D eigenvalue weighted by molar-refractivity contribution is 6.21. The number of furan rings is 1. The molecule has 2 aromatic heterocycles. The van der Waals surface area contributed by atoms with E-state index in [2.05, 4.69) is 15.0 Å². The van der Waals surface area contributed by atoms with Crippen molar-refractivity contribution in [1.82, 2.24) is 4.98 Å². The largest absolute Gasteiger partial charge is 0.456 e. The highest BCUT2D eigenvalue weighted by Gasteiger charge is 2.23. The van der Waals surface area contributed by atoms with Crippen molar-refractivity contribution in [3.05, 3.63) is 66.5 Å². The van der Waals surface area contributed by atoms with Gasteiger partial charge in [0, 0.05) is 17.0 Å². The number of ether oxygens (including phenoxy) is 1. The molecule has 1 N–H and O–H groups in total. The minimum absolute atomic E-state index is 0.0170. The van der Waals surface area contributed by atoms with Crippen molar-refractivity contribution in [3.63, 3.8) is 0 Å². The second kappa shape index (κ2) is 6.44. The minimum atomic E-state index is -3.06. The van der Waals surface area contributed by atoms with E-state index in [0.717, 1.165) is 0 Å². The van der Waals surface area contributed by atoms with E-state index in [1.165, 1.54) is 18.3 Å². The molecule has 4 aromatic rings. The van der Waals surface area contributed by atoms with Gasteiger partial charge in [0.25, 0.3) is 5.91 Å². The van der Waals surface area contributed by atoms with Gasteiger partial charge in [-0.05, 0) is 30.3 Å². The van der Waals surface area contributed by atoms with Crippen molar-refractivity contribution in [2.45, 2.75) is 6.61 Å². The number of nitrogens with one attached hydrogen (secondary N) is 1. The first-order valence-corrected chi connectivity index (χ1v) is 7.74. The number of nitrogens with zero attached hydrogens (tertiary/aromatic N) is 1. The van der Waals surface area contributed by atoms with Crippen LogP contribution in [-0.2, 0) is 0 Å². The molecule has 0 spiro atoms. The minimum Gasteiger partial charge on any atom is -0.456 e. The smallest absolute Gasteiger partial charge is 0.387 e. The molecule has 0 radical (unpaired) electrons. The van der Waals surface area contributed by atoms with Crippen molar-refractivity contribution in [2.75, 3.05) is 5.32 Å². The van der Waals surface area contributed by atoms with Crippen molar-refractivity contribution in [1.29, 1.82) is 0 Å². The van der Waals surface area contributed by atoms with E-state index in [1.807, 2.05) is 0 Å².